The number of ether oxygens (including phenoxy) is 1. The third-order valence-electron chi connectivity index (χ3n) is 1.89. The number of hydrogen-bond acceptors (Lipinski definition) is 1. The predicted molar refractivity (Wildman–Crippen MR) is 67.5 cm³/mol. The summed E-state index contributed by atoms with van der Waals surface area (Å²) in [6.45, 7) is 10.7. The van der Waals surface area contributed by atoms with E-state index in [0.29, 0.717) is 5.41 Å². The van der Waals surface area contributed by atoms with Gasteiger partial charge in [0.25, 0.3) is 0 Å². The SMILES string of the molecule is CC.COc1ccc(CC(C)(C)C)cc1. The first kappa shape index (κ1) is 14.0. The molecule has 86 valence electrons. The van der Waals surface area contributed by atoms with Crippen LogP contribution in [0.4, 0.5) is 0 Å². The molecule has 0 atom stereocenters. The van der Waals surface area contributed by atoms with E-state index in [-0.39, 0.29) is 0 Å². The second-order valence-electron chi connectivity index (χ2n) is 4.59. The number of methoxy groups -OCH3 is 1. The fourth-order valence-electron chi connectivity index (χ4n) is 1.36. The fourth-order valence-corrected chi connectivity index (χ4v) is 1.36. The first-order valence-electron chi connectivity index (χ1n) is 5.64. The molecular formula is C14H24O. The van der Waals surface area contributed by atoms with E-state index in [1.165, 1.54) is 5.56 Å². The Hall–Kier alpha value is -0.980. The molecule has 0 aliphatic rings. The van der Waals surface area contributed by atoms with Crippen LogP contribution < -0.4 is 4.74 Å². The lowest BCUT2D eigenvalue weighted by molar-refractivity contribution is 0.406. The molecule has 0 N–H and O–H groups in total. The van der Waals surface area contributed by atoms with Gasteiger partial charge in [-0.3, -0.25) is 0 Å². The van der Waals surface area contributed by atoms with E-state index < -0.39 is 0 Å². The Morgan fingerprint density at radius 1 is 1.00 bits per heavy atom. The van der Waals surface area contributed by atoms with Crippen LogP contribution in [-0.4, -0.2) is 7.11 Å². The Labute approximate surface area is 94.5 Å². The maximum absolute atomic E-state index is 5.10. The van der Waals surface area contributed by atoms with Crippen molar-refractivity contribution >= 4 is 0 Å². The average Bonchev–Trinajstić information content (AvgIpc) is 2.20. The van der Waals surface area contributed by atoms with Gasteiger partial charge in [-0.15, -0.1) is 0 Å². The molecule has 1 rings (SSSR count). The normalized spacial score (nSPS) is 10.3. The molecule has 1 heteroatoms. The highest BCUT2D eigenvalue weighted by atomic mass is 16.5. The Morgan fingerprint density at radius 3 is 1.80 bits per heavy atom. The van der Waals surface area contributed by atoms with E-state index >= 15 is 0 Å². The number of hydrogen-bond donors (Lipinski definition) is 0. The lowest BCUT2D eigenvalue weighted by Crippen LogP contribution is -2.08. The Morgan fingerprint density at radius 2 is 1.47 bits per heavy atom. The Kier molecular flexibility index (Phi) is 6.07. The molecule has 0 fully saturated rings. The highest BCUT2D eigenvalue weighted by molar-refractivity contribution is 5.27. The molecule has 0 radical (unpaired) electrons. The molecule has 0 amide bonds. The summed E-state index contributed by atoms with van der Waals surface area (Å²) in [5.74, 6) is 0.928. The Balaban J connectivity index is 0.000000921. The van der Waals surface area contributed by atoms with Gasteiger partial charge in [-0.05, 0) is 29.5 Å². The van der Waals surface area contributed by atoms with Crippen molar-refractivity contribution in [2.75, 3.05) is 7.11 Å². The maximum Gasteiger partial charge on any atom is 0.118 e. The first-order valence-corrected chi connectivity index (χ1v) is 5.64. The van der Waals surface area contributed by atoms with Crippen LogP contribution in [0.25, 0.3) is 0 Å². The lowest BCUT2D eigenvalue weighted by Gasteiger charge is -2.18. The van der Waals surface area contributed by atoms with Crippen molar-refractivity contribution in [3.63, 3.8) is 0 Å². The van der Waals surface area contributed by atoms with Gasteiger partial charge in [0.05, 0.1) is 7.11 Å². The van der Waals surface area contributed by atoms with Crippen LogP contribution in [0.2, 0.25) is 0 Å². The second kappa shape index (κ2) is 6.49. The summed E-state index contributed by atoms with van der Waals surface area (Å²) in [4.78, 5) is 0. The highest BCUT2D eigenvalue weighted by Gasteiger charge is 2.10. The smallest absolute Gasteiger partial charge is 0.118 e. The first-order chi connectivity index (χ1) is 7.01. The van der Waals surface area contributed by atoms with Crippen molar-refractivity contribution in [1.82, 2.24) is 0 Å². The largest absolute Gasteiger partial charge is 0.497 e. The van der Waals surface area contributed by atoms with E-state index in [1.807, 2.05) is 26.0 Å². The van der Waals surface area contributed by atoms with Crippen molar-refractivity contribution in [3.8, 4) is 5.75 Å². The monoisotopic (exact) mass is 208 g/mol. The van der Waals surface area contributed by atoms with E-state index in [9.17, 15) is 0 Å². The van der Waals surface area contributed by atoms with Crippen LogP contribution in [0.15, 0.2) is 24.3 Å². The second-order valence-corrected chi connectivity index (χ2v) is 4.59. The summed E-state index contributed by atoms with van der Waals surface area (Å²) in [6, 6.07) is 8.29. The van der Waals surface area contributed by atoms with Gasteiger partial charge >= 0.3 is 0 Å². The molecule has 0 aromatic heterocycles. The zero-order chi connectivity index (χ0) is 11.9. The average molecular weight is 208 g/mol. The van der Waals surface area contributed by atoms with Gasteiger partial charge in [0, 0.05) is 0 Å². The molecule has 0 aliphatic heterocycles. The van der Waals surface area contributed by atoms with Crippen LogP contribution in [0.3, 0.4) is 0 Å². The van der Waals surface area contributed by atoms with E-state index in [1.54, 1.807) is 7.11 Å². The molecule has 0 saturated carbocycles. The van der Waals surface area contributed by atoms with E-state index in [2.05, 4.69) is 32.9 Å². The van der Waals surface area contributed by atoms with Crippen molar-refractivity contribution in [1.29, 1.82) is 0 Å². The molecule has 0 saturated heterocycles. The van der Waals surface area contributed by atoms with Crippen LogP contribution in [-0.2, 0) is 6.42 Å². The molecule has 15 heavy (non-hydrogen) atoms. The minimum Gasteiger partial charge on any atom is -0.497 e. The molecular weight excluding hydrogens is 184 g/mol. The fraction of sp³-hybridized carbons (Fsp3) is 0.571. The quantitative estimate of drug-likeness (QED) is 0.703. The van der Waals surface area contributed by atoms with Gasteiger partial charge in [0.1, 0.15) is 5.75 Å². The van der Waals surface area contributed by atoms with Gasteiger partial charge in [-0.2, -0.15) is 0 Å². The third-order valence-corrected chi connectivity index (χ3v) is 1.89. The lowest BCUT2D eigenvalue weighted by atomic mass is 9.88. The van der Waals surface area contributed by atoms with Crippen LogP contribution in [0, 0.1) is 5.41 Å². The zero-order valence-corrected chi connectivity index (χ0v) is 10.9. The van der Waals surface area contributed by atoms with Crippen LogP contribution in [0.5, 0.6) is 5.75 Å². The summed E-state index contributed by atoms with van der Waals surface area (Å²) in [5.41, 5.74) is 1.72. The van der Waals surface area contributed by atoms with E-state index in [0.717, 1.165) is 12.2 Å². The van der Waals surface area contributed by atoms with Crippen molar-refractivity contribution in [3.05, 3.63) is 29.8 Å². The molecule has 0 spiro atoms. The predicted octanol–water partition coefficient (Wildman–Crippen LogP) is 4.31. The summed E-state index contributed by atoms with van der Waals surface area (Å²) in [6.07, 6.45) is 1.11. The van der Waals surface area contributed by atoms with Gasteiger partial charge < -0.3 is 4.74 Å². The molecule has 1 aromatic carbocycles. The summed E-state index contributed by atoms with van der Waals surface area (Å²) < 4.78 is 5.10. The number of benzene rings is 1. The molecule has 0 unspecified atom stereocenters. The maximum atomic E-state index is 5.10. The zero-order valence-electron chi connectivity index (χ0n) is 10.9. The van der Waals surface area contributed by atoms with Crippen molar-refractivity contribution in [2.45, 2.75) is 41.0 Å². The molecule has 1 aromatic rings. The summed E-state index contributed by atoms with van der Waals surface area (Å²) >= 11 is 0. The molecule has 0 bridgehead atoms. The molecule has 0 heterocycles. The van der Waals surface area contributed by atoms with Crippen LogP contribution >= 0.6 is 0 Å². The van der Waals surface area contributed by atoms with Gasteiger partial charge in [0.15, 0.2) is 0 Å². The standard InChI is InChI=1S/C12H18O.C2H6/c1-12(2,3)9-10-5-7-11(13-4)8-6-10;1-2/h5-8H,9H2,1-4H3;1-2H3. The minimum atomic E-state index is 0.356. The van der Waals surface area contributed by atoms with Crippen molar-refractivity contribution in [2.24, 2.45) is 5.41 Å². The van der Waals surface area contributed by atoms with E-state index in [4.69, 9.17) is 4.74 Å². The third kappa shape index (κ3) is 6.16. The summed E-state index contributed by atoms with van der Waals surface area (Å²) in [7, 11) is 1.69. The summed E-state index contributed by atoms with van der Waals surface area (Å²) in [5, 5.41) is 0. The molecule has 0 aliphatic carbocycles. The highest BCUT2D eigenvalue weighted by Crippen LogP contribution is 2.21. The Bertz CT molecular complexity index is 254. The molecule has 1 nitrogen and oxygen atoms in total. The van der Waals surface area contributed by atoms with Crippen molar-refractivity contribution < 1.29 is 4.74 Å². The van der Waals surface area contributed by atoms with Crippen LogP contribution in [0.1, 0.15) is 40.2 Å². The van der Waals surface area contributed by atoms with Gasteiger partial charge in [0.2, 0.25) is 0 Å². The topological polar surface area (TPSA) is 9.23 Å². The number of rotatable bonds is 2. The minimum absolute atomic E-state index is 0.356. The van der Waals surface area contributed by atoms with Gasteiger partial charge in [-0.1, -0.05) is 46.8 Å². The van der Waals surface area contributed by atoms with Gasteiger partial charge in [-0.25, -0.2) is 0 Å².